The van der Waals surface area contributed by atoms with E-state index in [2.05, 4.69) is 42.6 Å². The Hall–Kier alpha value is -2.68. The zero-order valence-electron chi connectivity index (χ0n) is 16.1. The Labute approximate surface area is 161 Å². The van der Waals surface area contributed by atoms with Gasteiger partial charge in [0.1, 0.15) is 38.8 Å². The quantitative estimate of drug-likeness (QED) is 0.709. The third kappa shape index (κ3) is 4.73. The number of para-hydroxylation sites is 1. The molecule has 0 unspecified atom stereocenters. The van der Waals surface area contributed by atoms with Crippen molar-refractivity contribution in [3.8, 4) is 6.07 Å². The fourth-order valence-electron chi connectivity index (χ4n) is 3.73. The highest BCUT2D eigenvalue weighted by Gasteiger charge is 2.31. The zero-order valence-corrected chi connectivity index (χ0v) is 16.1. The van der Waals surface area contributed by atoms with E-state index < -0.39 is 0 Å². The van der Waals surface area contributed by atoms with Crippen molar-refractivity contribution in [1.29, 1.82) is 5.26 Å². The van der Waals surface area contributed by atoms with Crippen molar-refractivity contribution in [3.05, 3.63) is 65.2 Å². The molecule has 27 heavy (non-hydrogen) atoms. The molecule has 0 aliphatic carbocycles. The van der Waals surface area contributed by atoms with Crippen LogP contribution in [-0.4, -0.2) is 38.1 Å². The Morgan fingerprint density at radius 3 is 2.48 bits per heavy atom. The predicted molar refractivity (Wildman–Crippen MR) is 106 cm³/mol. The highest BCUT2D eigenvalue weighted by atomic mass is 16.2. The first-order valence-electron chi connectivity index (χ1n) is 9.61. The number of rotatable bonds is 5. The predicted octanol–water partition coefficient (Wildman–Crippen LogP) is 0.177. The number of hydrogen-bond acceptors (Lipinski definition) is 2. The van der Waals surface area contributed by atoms with E-state index in [4.69, 9.17) is 0 Å². The molecule has 1 aliphatic rings. The number of aryl methyl sites for hydroxylation is 1. The Morgan fingerprint density at radius 1 is 1.11 bits per heavy atom. The molecule has 1 aliphatic heterocycles. The molecule has 1 amide bonds. The van der Waals surface area contributed by atoms with Crippen LogP contribution < -0.4 is 15.1 Å². The summed E-state index contributed by atoms with van der Waals surface area (Å²) in [7, 11) is 0. The van der Waals surface area contributed by atoms with Crippen LogP contribution in [0.2, 0.25) is 0 Å². The Kier molecular flexibility index (Phi) is 6.23. The second-order valence-corrected chi connectivity index (χ2v) is 7.38. The van der Waals surface area contributed by atoms with Gasteiger partial charge in [-0.1, -0.05) is 36.4 Å². The Morgan fingerprint density at radius 2 is 1.78 bits per heavy atom. The summed E-state index contributed by atoms with van der Waals surface area (Å²) in [4.78, 5) is 15.5. The van der Waals surface area contributed by atoms with Crippen LogP contribution in [0.4, 0.5) is 5.69 Å². The van der Waals surface area contributed by atoms with Crippen LogP contribution in [0, 0.1) is 18.3 Å². The number of nitriles is 1. The van der Waals surface area contributed by atoms with Crippen molar-refractivity contribution in [3.63, 3.8) is 0 Å². The van der Waals surface area contributed by atoms with Gasteiger partial charge in [-0.3, -0.25) is 4.79 Å². The number of nitrogens with zero attached hydrogens (tertiary/aromatic N) is 1. The lowest BCUT2D eigenvalue weighted by Crippen LogP contribution is -3.29. The van der Waals surface area contributed by atoms with Crippen LogP contribution in [-0.2, 0) is 11.3 Å². The summed E-state index contributed by atoms with van der Waals surface area (Å²) in [6.45, 7) is 9.29. The maximum atomic E-state index is 12.6. The first-order chi connectivity index (χ1) is 13.1. The van der Waals surface area contributed by atoms with Gasteiger partial charge < -0.3 is 15.1 Å². The normalized spacial score (nSPS) is 20.5. The van der Waals surface area contributed by atoms with Crippen molar-refractivity contribution < 1.29 is 14.6 Å². The molecule has 0 saturated carbocycles. The number of carbonyl (C=O) groups is 1. The number of amides is 1. The van der Waals surface area contributed by atoms with E-state index in [0.717, 1.165) is 32.7 Å². The molecule has 0 aromatic heterocycles. The molecule has 0 spiro atoms. The molecule has 3 rings (SSSR count). The number of piperazine rings is 1. The van der Waals surface area contributed by atoms with Gasteiger partial charge in [0.25, 0.3) is 5.91 Å². The second-order valence-electron chi connectivity index (χ2n) is 7.38. The summed E-state index contributed by atoms with van der Waals surface area (Å²) in [6, 6.07) is 17.7. The highest BCUT2D eigenvalue weighted by Crippen LogP contribution is 2.13. The van der Waals surface area contributed by atoms with E-state index in [-0.39, 0.29) is 11.9 Å². The van der Waals surface area contributed by atoms with E-state index in [1.807, 2.05) is 13.0 Å². The summed E-state index contributed by atoms with van der Waals surface area (Å²) in [6.07, 6.45) is 0. The molecule has 3 N–H and O–H groups in total. The summed E-state index contributed by atoms with van der Waals surface area (Å²) in [5.41, 5.74) is 3.86. The Balaban J connectivity index is 1.53. The maximum Gasteiger partial charge on any atom is 0.282 e. The SMILES string of the molecule is Cc1ccccc1C[NH+]1CC[NH+]([C@@H](C)C(=O)Nc2ccccc2C#N)CC1. The van der Waals surface area contributed by atoms with Crippen molar-refractivity contribution in [2.75, 3.05) is 31.5 Å². The monoisotopic (exact) mass is 364 g/mol. The fourth-order valence-corrected chi connectivity index (χ4v) is 3.73. The first-order valence-corrected chi connectivity index (χ1v) is 9.61. The van der Waals surface area contributed by atoms with Crippen LogP contribution >= 0.6 is 0 Å². The molecule has 140 valence electrons. The Bertz CT molecular complexity index is 834. The van der Waals surface area contributed by atoms with E-state index in [1.54, 1.807) is 23.1 Å². The van der Waals surface area contributed by atoms with E-state index >= 15 is 0 Å². The van der Waals surface area contributed by atoms with E-state index in [9.17, 15) is 10.1 Å². The van der Waals surface area contributed by atoms with Gasteiger partial charge in [0.15, 0.2) is 6.04 Å². The number of hydrogen-bond donors (Lipinski definition) is 3. The summed E-state index contributed by atoms with van der Waals surface area (Å²) in [5.74, 6) is -0.0185. The third-order valence-corrected chi connectivity index (χ3v) is 5.61. The van der Waals surface area contributed by atoms with Crippen LogP contribution in [0.5, 0.6) is 0 Å². The first kappa shape index (κ1) is 19.1. The van der Waals surface area contributed by atoms with Gasteiger partial charge in [-0.15, -0.1) is 0 Å². The maximum absolute atomic E-state index is 12.6. The molecular weight excluding hydrogens is 336 g/mol. The van der Waals surface area contributed by atoms with E-state index in [0.29, 0.717) is 11.3 Å². The standard InChI is InChI=1S/C22H26N4O/c1-17-7-3-4-9-20(17)16-25-11-13-26(14-12-25)18(2)22(27)24-21-10-6-5-8-19(21)15-23/h3-10,18H,11-14,16H2,1-2H3,(H,24,27)/p+2/t18-/m0/s1. The number of anilines is 1. The van der Waals surface area contributed by atoms with Gasteiger partial charge >= 0.3 is 0 Å². The van der Waals surface area contributed by atoms with Gasteiger partial charge in [-0.25, -0.2) is 0 Å². The topological polar surface area (TPSA) is 61.8 Å². The van der Waals surface area contributed by atoms with Crippen LogP contribution in [0.15, 0.2) is 48.5 Å². The van der Waals surface area contributed by atoms with Gasteiger partial charge in [0.05, 0.1) is 11.3 Å². The van der Waals surface area contributed by atoms with E-state index in [1.165, 1.54) is 16.0 Å². The number of nitrogens with one attached hydrogen (secondary N) is 3. The molecule has 5 heteroatoms. The molecule has 1 saturated heterocycles. The average Bonchev–Trinajstić information content (AvgIpc) is 2.70. The van der Waals surface area contributed by atoms with Crippen molar-refractivity contribution in [2.45, 2.75) is 26.4 Å². The third-order valence-electron chi connectivity index (χ3n) is 5.61. The molecule has 2 aromatic carbocycles. The lowest BCUT2D eigenvalue weighted by Gasteiger charge is -2.32. The molecule has 0 radical (unpaired) electrons. The molecule has 1 atom stereocenters. The number of quaternary nitrogens is 2. The van der Waals surface area contributed by atoms with Crippen molar-refractivity contribution >= 4 is 11.6 Å². The molecule has 1 heterocycles. The minimum Gasteiger partial charge on any atom is -0.322 e. The number of benzene rings is 2. The lowest BCUT2D eigenvalue weighted by atomic mass is 10.1. The molecular formula is C22H28N4O+2. The molecule has 1 fully saturated rings. The largest absolute Gasteiger partial charge is 0.322 e. The second kappa shape index (κ2) is 8.81. The average molecular weight is 364 g/mol. The molecule has 2 aromatic rings. The van der Waals surface area contributed by atoms with Crippen molar-refractivity contribution in [2.24, 2.45) is 0 Å². The molecule has 5 nitrogen and oxygen atoms in total. The summed E-state index contributed by atoms with van der Waals surface area (Å²) < 4.78 is 0. The van der Waals surface area contributed by atoms with Crippen molar-refractivity contribution in [1.82, 2.24) is 0 Å². The minimum absolute atomic E-state index is 0.0185. The van der Waals surface area contributed by atoms with Gasteiger partial charge in [-0.2, -0.15) is 5.26 Å². The lowest BCUT2D eigenvalue weighted by molar-refractivity contribution is -1.02. The smallest absolute Gasteiger partial charge is 0.282 e. The highest BCUT2D eigenvalue weighted by molar-refractivity contribution is 5.94. The summed E-state index contributed by atoms with van der Waals surface area (Å²) in [5, 5.41) is 12.1. The molecule has 0 bridgehead atoms. The van der Waals surface area contributed by atoms with Gasteiger partial charge in [0.2, 0.25) is 0 Å². The van der Waals surface area contributed by atoms with Crippen LogP contribution in [0.25, 0.3) is 0 Å². The summed E-state index contributed by atoms with van der Waals surface area (Å²) >= 11 is 0. The van der Waals surface area contributed by atoms with Gasteiger partial charge in [-0.05, 0) is 31.5 Å². The zero-order chi connectivity index (χ0) is 19.2. The van der Waals surface area contributed by atoms with Gasteiger partial charge in [0, 0.05) is 5.56 Å². The minimum atomic E-state index is -0.128. The fraction of sp³-hybridized carbons (Fsp3) is 0.364. The van der Waals surface area contributed by atoms with Crippen LogP contribution in [0.3, 0.4) is 0 Å². The van der Waals surface area contributed by atoms with Crippen LogP contribution in [0.1, 0.15) is 23.6 Å². The number of carbonyl (C=O) groups excluding carboxylic acids is 1.